The van der Waals surface area contributed by atoms with Gasteiger partial charge in [-0.25, -0.2) is 0 Å². The van der Waals surface area contributed by atoms with Crippen molar-refractivity contribution in [2.24, 2.45) is 0 Å². The standard InChI is InChI=1S/C13H21NS/c1-13(7-3-2-4-8-13)14-9-5-12-6-10-15-11-12/h6,10-11,14H,2-5,7-9H2,1H3. The Hall–Kier alpha value is -0.340. The van der Waals surface area contributed by atoms with Crippen LogP contribution in [-0.2, 0) is 6.42 Å². The lowest BCUT2D eigenvalue weighted by molar-refractivity contribution is 0.256. The van der Waals surface area contributed by atoms with Crippen LogP contribution in [0, 0.1) is 0 Å². The summed E-state index contributed by atoms with van der Waals surface area (Å²) in [4.78, 5) is 0. The minimum absolute atomic E-state index is 0.425. The topological polar surface area (TPSA) is 12.0 Å². The Labute approximate surface area is 96.9 Å². The molecule has 0 bridgehead atoms. The fraction of sp³-hybridized carbons (Fsp3) is 0.692. The van der Waals surface area contributed by atoms with E-state index in [1.807, 2.05) is 0 Å². The van der Waals surface area contributed by atoms with Gasteiger partial charge in [0.1, 0.15) is 0 Å². The van der Waals surface area contributed by atoms with Crippen LogP contribution < -0.4 is 5.32 Å². The number of hydrogen-bond donors (Lipinski definition) is 1. The van der Waals surface area contributed by atoms with Gasteiger partial charge in [-0.3, -0.25) is 0 Å². The van der Waals surface area contributed by atoms with Gasteiger partial charge in [0.15, 0.2) is 0 Å². The van der Waals surface area contributed by atoms with Crippen LogP contribution in [0.3, 0.4) is 0 Å². The molecule has 0 spiro atoms. The van der Waals surface area contributed by atoms with Gasteiger partial charge in [-0.15, -0.1) is 0 Å². The van der Waals surface area contributed by atoms with Crippen LogP contribution in [0.2, 0.25) is 0 Å². The van der Waals surface area contributed by atoms with E-state index in [4.69, 9.17) is 0 Å². The summed E-state index contributed by atoms with van der Waals surface area (Å²) in [7, 11) is 0. The van der Waals surface area contributed by atoms with Gasteiger partial charge >= 0.3 is 0 Å². The van der Waals surface area contributed by atoms with Crippen molar-refractivity contribution in [3.63, 3.8) is 0 Å². The third kappa shape index (κ3) is 3.32. The molecule has 0 amide bonds. The van der Waals surface area contributed by atoms with E-state index in [0.29, 0.717) is 5.54 Å². The first-order valence-electron chi connectivity index (χ1n) is 6.05. The van der Waals surface area contributed by atoms with Crippen molar-refractivity contribution in [1.82, 2.24) is 5.32 Å². The van der Waals surface area contributed by atoms with Crippen molar-refractivity contribution >= 4 is 11.3 Å². The van der Waals surface area contributed by atoms with Gasteiger partial charge in [0, 0.05) is 5.54 Å². The Morgan fingerprint density at radius 2 is 2.13 bits per heavy atom. The largest absolute Gasteiger partial charge is 0.311 e. The van der Waals surface area contributed by atoms with Crippen LogP contribution in [0.4, 0.5) is 0 Å². The zero-order chi connectivity index (χ0) is 10.6. The molecule has 2 rings (SSSR count). The third-order valence-corrected chi connectivity index (χ3v) is 4.23. The van der Waals surface area contributed by atoms with Gasteiger partial charge in [-0.05, 0) is 55.1 Å². The average molecular weight is 223 g/mol. The Bertz CT molecular complexity index is 273. The third-order valence-electron chi connectivity index (χ3n) is 3.50. The van der Waals surface area contributed by atoms with Crippen molar-refractivity contribution in [2.45, 2.75) is 51.0 Å². The van der Waals surface area contributed by atoms with E-state index in [9.17, 15) is 0 Å². The van der Waals surface area contributed by atoms with Crippen molar-refractivity contribution < 1.29 is 0 Å². The highest BCUT2D eigenvalue weighted by Crippen LogP contribution is 2.27. The van der Waals surface area contributed by atoms with Crippen LogP contribution in [-0.4, -0.2) is 12.1 Å². The van der Waals surface area contributed by atoms with Gasteiger partial charge in [0.2, 0.25) is 0 Å². The molecule has 0 atom stereocenters. The second-order valence-corrected chi connectivity index (χ2v) is 5.71. The Kier molecular flexibility index (Phi) is 3.81. The van der Waals surface area contributed by atoms with E-state index in [2.05, 4.69) is 29.1 Å². The molecule has 2 heteroatoms. The molecule has 1 nitrogen and oxygen atoms in total. The summed E-state index contributed by atoms with van der Waals surface area (Å²) < 4.78 is 0. The van der Waals surface area contributed by atoms with Gasteiger partial charge in [-0.2, -0.15) is 11.3 Å². The quantitative estimate of drug-likeness (QED) is 0.822. The fourth-order valence-electron chi connectivity index (χ4n) is 2.45. The van der Waals surface area contributed by atoms with Crippen molar-refractivity contribution in [1.29, 1.82) is 0 Å². The molecular formula is C13H21NS. The normalized spacial score (nSPS) is 20.3. The second-order valence-electron chi connectivity index (χ2n) is 4.93. The highest BCUT2D eigenvalue weighted by atomic mass is 32.1. The highest BCUT2D eigenvalue weighted by Gasteiger charge is 2.25. The van der Waals surface area contributed by atoms with Crippen LogP contribution in [0.25, 0.3) is 0 Å². The van der Waals surface area contributed by atoms with Crippen LogP contribution in [0.15, 0.2) is 16.8 Å². The molecule has 1 aliphatic rings. The maximum atomic E-state index is 3.74. The number of nitrogens with one attached hydrogen (secondary N) is 1. The average Bonchev–Trinajstić information content (AvgIpc) is 2.71. The molecule has 1 aromatic rings. The van der Waals surface area contributed by atoms with Crippen molar-refractivity contribution in [3.05, 3.63) is 22.4 Å². The lowest BCUT2D eigenvalue weighted by atomic mass is 9.83. The molecule has 0 unspecified atom stereocenters. The van der Waals surface area contributed by atoms with Crippen molar-refractivity contribution in [2.75, 3.05) is 6.54 Å². The Morgan fingerprint density at radius 1 is 1.33 bits per heavy atom. The van der Waals surface area contributed by atoms with Crippen molar-refractivity contribution in [3.8, 4) is 0 Å². The van der Waals surface area contributed by atoms with E-state index in [1.165, 1.54) is 44.1 Å². The Balaban J connectivity index is 1.72. The molecule has 1 saturated carbocycles. The molecule has 84 valence electrons. The molecule has 1 heterocycles. The predicted octanol–water partition coefficient (Wildman–Crippen LogP) is 3.60. The van der Waals surface area contributed by atoms with E-state index in [-0.39, 0.29) is 0 Å². The molecule has 1 aliphatic carbocycles. The van der Waals surface area contributed by atoms with Gasteiger partial charge in [-0.1, -0.05) is 19.3 Å². The van der Waals surface area contributed by atoms with Gasteiger partial charge < -0.3 is 5.32 Å². The van der Waals surface area contributed by atoms with Gasteiger partial charge in [0.25, 0.3) is 0 Å². The maximum absolute atomic E-state index is 3.74. The lowest BCUT2D eigenvalue weighted by Crippen LogP contribution is -2.44. The maximum Gasteiger partial charge on any atom is 0.0153 e. The molecule has 0 radical (unpaired) electrons. The summed E-state index contributed by atoms with van der Waals surface area (Å²) in [5.41, 5.74) is 1.90. The molecule has 0 saturated heterocycles. The number of hydrogen-bond acceptors (Lipinski definition) is 2. The van der Waals surface area contributed by atoms with Crippen LogP contribution >= 0.6 is 11.3 Å². The minimum atomic E-state index is 0.425. The van der Waals surface area contributed by atoms with Crippen LogP contribution in [0.1, 0.15) is 44.6 Å². The summed E-state index contributed by atoms with van der Waals surface area (Å²) >= 11 is 1.80. The number of rotatable bonds is 4. The van der Waals surface area contributed by atoms with E-state index < -0.39 is 0 Å². The first-order chi connectivity index (χ1) is 7.29. The first-order valence-corrected chi connectivity index (χ1v) is 6.99. The second kappa shape index (κ2) is 5.13. The highest BCUT2D eigenvalue weighted by molar-refractivity contribution is 7.07. The number of thiophene rings is 1. The smallest absolute Gasteiger partial charge is 0.0153 e. The van der Waals surface area contributed by atoms with E-state index in [0.717, 1.165) is 6.54 Å². The van der Waals surface area contributed by atoms with Gasteiger partial charge in [0.05, 0.1) is 0 Å². The lowest BCUT2D eigenvalue weighted by Gasteiger charge is -2.34. The van der Waals surface area contributed by atoms with E-state index >= 15 is 0 Å². The Morgan fingerprint density at radius 3 is 2.80 bits per heavy atom. The zero-order valence-electron chi connectivity index (χ0n) is 9.59. The molecule has 15 heavy (non-hydrogen) atoms. The monoisotopic (exact) mass is 223 g/mol. The summed E-state index contributed by atoms with van der Waals surface area (Å²) in [5, 5.41) is 8.16. The molecular weight excluding hydrogens is 202 g/mol. The summed E-state index contributed by atoms with van der Waals surface area (Å²) in [5.74, 6) is 0. The molecule has 1 N–H and O–H groups in total. The fourth-order valence-corrected chi connectivity index (χ4v) is 3.16. The molecule has 0 aromatic carbocycles. The zero-order valence-corrected chi connectivity index (χ0v) is 10.4. The summed E-state index contributed by atoms with van der Waals surface area (Å²) in [6, 6.07) is 2.23. The van der Waals surface area contributed by atoms with Crippen LogP contribution in [0.5, 0.6) is 0 Å². The molecule has 0 aliphatic heterocycles. The SMILES string of the molecule is CC1(NCCc2ccsc2)CCCCC1. The predicted molar refractivity (Wildman–Crippen MR) is 67.5 cm³/mol. The molecule has 1 fully saturated rings. The van der Waals surface area contributed by atoms with E-state index in [1.54, 1.807) is 11.3 Å². The first kappa shape index (κ1) is 11.2. The molecule has 1 aromatic heterocycles. The summed E-state index contributed by atoms with van der Waals surface area (Å²) in [6.07, 6.45) is 8.14. The summed E-state index contributed by atoms with van der Waals surface area (Å²) in [6.45, 7) is 3.52. The minimum Gasteiger partial charge on any atom is -0.311 e.